The van der Waals surface area contributed by atoms with Crippen LogP contribution in [-0.4, -0.2) is 4.57 Å². The minimum Gasteiger partial charge on any atom is -0.310 e. The third-order valence-corrected chi connectivity index (χ3v) is 11.1. The van der Waals surface area contributed by atoms with Gasteiger partial charge in [0.2, 0.25) is 0 Å². The third-order valence-electron chi connectivity index (χ3n) is 11.1. The Balaban J connectivity index is 1.09. The Morgan fingerprint density at radius 3 is 1.50 bits per heavy atom. The monoisotopic (exact) mass is 686 g/mol. The van der Waals surface area contributed by atoms with Gasteiger partial charge in [-0.15, -0.1) is 0 Å². The number of nitrogens with zero attached hydrogens (tertiary/aromatic N) is 2. The van der Waals surface area contributed by atoms with Gasteiger partial charge >= 0.3 is 0 Å². The number of hydrogen-bond donors (Lipinski definition) is 0. The SMILES string of the molecule is c1ccc(-c2cccc(-c3ccc(N(c4ccccc4)c4ccc5ccc6c(-n7c8ccccc8c8ccccc87)ccc7ccc4c5c76)cc3)c2)cc1. The average Bonchev–Trinajstić information content (AvgIpc) is 3.58. The van der Waals surface area contributed by atoms with Crippen LogP contribution in [0.3, 0.4) is 0 Å². The van der Waals surface area contributed by atoms with Gasteiger partial charge in [0.25, 0.3) is 0 Å². The molecule has 0 amide bonds. The lowest BCUT2D eigenvalue weighted by atomic mass is 9.92. The smallest absolute Gasteiger partial charge is 0.0541 e. The van der Waals surface area contributed by atoms with Crippen LogP contribution in [0.25, 0.3) is 82.1 Å². The molecule has 0 saturated carbocycles. The van der Waals surface area contributed by atoms with Gasteiger partial charge in [0.15, 0.2) is 0 Å². The summed E-state index contributed by atoms with van der Waals surface area (Å²) in [6, 6.07) is 75.2. The van der Waals surface area contributed by atoms with Gasteiger partial charge in [0.1, 0.15) is 0 Å². The number of aromatic nitrogens is 1. The van der Waals surface area contributed by atoms with E-state index in [1.54, 1.807) is 0 Å². The van der Waals surface area contributed by atoms with Crippen LogP contribution in [0, 0.1) is 0 Å². The van der Waals surface area contributed by atoms with E-state index in [4.69, 9.17) is 0 Å². The Bertz CT molecular complexity index is 3090. The van der Waals surface area contributed by atoms with E-state index in [0.717, 1.165) is 17.1 Å². The van der Waals surface area contributed by atoms with Gasteiger partial charge in [0.05, 0.1) is 22.4 Å². The predicted molar refractivity (Wildman–Crippen MR) is 230 cm³/mol. The molecule has 11 rings (SSSR count). The fourth-order valence-electron chi connectivity index (χ4n) is 8.66. The Hall–Kier alpha value is -7.16. The Morgan fingerprint density at radius 2 is 0.815 bits per heavy atom. The van der Waals surface area contributed by atoms with E-state index in [0.29, 0.717) is 0 Å². The van der Waals surface area contributed by atoms with Crippen LogP contribution in [-0.2, 0) is 0 Å². The molecule has 0 aliphatic rings. The highest BCUT2D eigenvalue weighted by Gasteiger charge is 2.21. The number of rotatable bonds is 6. The zero-order chi connectivity index (χ0) is 35.6. The highest BCUT2D eigenvalue weighted by atomic mass is 15.1. The van der Waals surface area contributed by atoms with Crippen LogP contribution in [0.2, 0.25) is 0 Å². The summed E-state index contributed by atoms with van der Waals surface area (Å²) in [5, 5.41) is 10.1. The molecule has 11 aromatic rings. The lowest BCUT2D eigenvalue weighted by molar-refractivity contribution is 1.20. The van der Waals surface area contributed by atoms with E-state index < -0.39 is 0 Å². The molecule has 1 heterocycles. The molecule has 2 heteroatoms. The summed E-state index contributed by atoms with van der Waals surface area (Å²) in [5.41, 5.74) is 11.9. The molecule has 1 aromatic heterocycles. The second-order valence-electron chi connectivity index (χ2n) is 14.1. The summed E-state index contributed by atoms with van der Waals surface area (Å²) in [5.74, 6) is 0. The minimum absolute atomic E-state index is 1.12. The summed E-state index contributed by atoms with van der Waals surface area (Å²) >= 11 is 0. The second-order valence-corrected chi connectivity index (χ2v) is 14.1. The Labute approximate surface area is 313 Å². The molecule has 2 nitrogen and oxygen atoms in total. The largest absolute Gasteiger partial charge is 0.310 e. The van der Waals surface area contributed by atoms with Crippen molar-refractivity contribution >= 4 is 71.2 Å². The molecule has 252 valence electrons. The lowest BCUT2D eigenvalue weighted by Crippen LogP contribution is -2.10. The molecule has 0 aliphatic carbocycles. The molecule has 0 N–H and O–H groups in total. The highest BCUT2D eigenvalue weighted by molar-refractivity contribution is 6.27. The van der Waals surface area contributed by atoms with Crippen LogP contribution in [0.15, 0.2) is 206 Å². The van der Waals surface area contributed by atoms with Crippen molar-refractivity contribution in [3.8, 4) is 27.9 Å². The fourth-order valence-corrected chi connectivity index (χ4v) is 8.66. The van der Waals surface area contributed by atoms with Crippen molar-refractivity contribution in [2.45, 2.75) is 0 Å². The molecule has 0 radical (unpaired) electrons. The summed E-state index contributed by atoms with van der Waals surface area (Å²) < 4.78 is 2.45. The van der Waals surface area contributed by atoms with E-state index in [-0.39, 0.29) is 0 Å². The summed E-state index contributed by atoms with van der Waals surface area (Å²) in [6.45, 7) is 0. The van der Waals surface area contributed by atoms with E-state index in [9.17, 15) is 0 Å². The van der Waals surface area contributed by atoms with E-state index in [2.05, 4.69) is 216 Å². The van der Waals surface area contributed by atoms with Crippen LogP contribution in [0.5, 0.6) is 0 Å². The van der Waals surface area contributed by atoms with Gasteiger partial charge in [-0.3, -0.25) is 0 Å². The number of para-hydroxylation sites is 3. The molecular weight excluding hydrogens is 653 g/mol. The maximum atomic E-state index is 2.45. The lowest BCUT2D eigenvalue weighted by Gasteiger charge is -2.28. The maximum Gasteiger partial charge on any atom is 0.0541 e. The van der Waals surface area contributed by atoms with E-state index in [1.165, 1.54) is 82.1 Å². The molecule has 0 spiro atoms. The van der Waals surface area contributed by atoms with Crippen LogP contribution in [0.4, 0.5) is 17.1 Å². The first kappa shape index (κ1) is 30.5. The van der Waals surface area contributed by atoms with Gasteiger partial charge < -0.3 is 9.47 Å². The third kappa shape index (κ3) is 4.74. The zero-order valence-corrected chi connectivity index (χ0v) is 29.5. The van der Waals surface area contributed by atoms with Crippen molar-refractivity contribution in [1.82, 2.24) is 4.57 Å². The summed E-state index contributed by atoms with van der Waals surface area (Å²) in [4.78, 5) is 2.41. The van der Waals surface area contributed by atoms with Crippen LogP contribution in [0.1, 0.15) is 0 Å². The first-order valence-corrected chi connectivity index (χ1v) is 18.6. The molecule has 0 atom stereocenters. The predicted octanol–water partition coefficient (Wildman–Crippen LogP) is 14.5. The normalized spacial score (nSPS) is 11.7. The standard InChI is InChI=1S/C52H34N2/c1-3-12-35(13-4-1)39-14-11-15-40(34-39)36-22-28-42(29-23-36)53(41-16-5-2-6-17-41)49-32-26-37-25-31-46-50(33-27-38-24-30-45(49)51(37)52(38)46)54-47-20-9-7-18-43(47)44-19-8-10-21-48(44)54/h1-34H. The maximum absolute atomic E-state index is 2.45. The van der Waals surface area contributed by atoms with Gasteiger partial charge in [-0.1, -0.05) is 152 Å². The van der Waals surface area contributed by atoms with Gasteiger partial charge in [0, 0.05) is 32.9 Å². The average molecular weight is 687 g/mol. The minimum atomic E-state index is 1.12. The number of hydrogen-bond acceptors (Lipinski definition) is 1. The first-order chi connectivity index (χ1) is 26.8. The molecule has 0 aliphatic heterocycles. The highest BCUT2D eigenvalue weighted by Crippen LogP contribution is 2.46. The van der Waals surface area contributed by atoms with Crippen molar-refractivity contribution < 1.29 is 0 Å². The van der Waals surface area contributed by atoms with Crippen molar-refractivity contribution in [3.63, 3.8) is 0 Å². The van der Waals surface area contributed by atoms with Crippen molar-refractivity contribution in [2.24, 2.45) is 0 Å². The molecule has 0 bridgehead atoms. The molecular formula is C52H34N2. The molecule has 0 unspecified atom stereocenters. The number of anilines is 3. The van der Waals surface area contributed by atoms with Gasteiger partial charge in [-0.2, -0.15) is 0 Å². The van der Waals surface area contributed by atoms with Crippen molar-refractivity contribution in [1.29, 1.82) is 0 Å². The molecule has 10 aromatic carbocycles. The molecule has 0 saturated heterocycles. The quantitative estimate of drug-likeness (QED) is 0.158. The van der Waals surface area contributed by atoms with E-state index in [1.807, 2.05) is 0 Å². The van der Waals surface area contributed by atoms with Crippen LogP contribution < -0.4 is 4.90 Å². The molecule has 0 fully saturated rings. The number of benzene rings is 10. The van der Waals surface area contributed by atoms with E-state index >= 15 is 0 Å². The fraction of sp³-hybridized carbons (Fsp3) is 0. The van der Waals surface area contributed by atoms with Gasteiger partial charge in [-0.25, -0.2) is 0 Å². The zero-order valence-electron chi connectivity index (χ0n) is 29.5. The van der Waals surface area contributed by atoms with Gasteiger partial charge in [-0.05, 0) is 98.4 Å². The van der Waals surface area contributed by atoms with Crippen LogP contribution >= 0.6 is 0 Å². The van der Waals surface area contributed by atoms with Crippen molar-refractivity contribution in [3.05, 3.63) is 206 Å². The summed E-state index contributed by atoms with van der Waals surface area (Å²) in [7, 11) is 0. The van der Waals surface area contributed by atoms with Crippen molar-refractivity contribution in [2.75, 3.05) is 4.90 Å². The first-order valence-electron chi connectivity index (χ1n) is 18.6. The number of fused-ring (bicyclic) bond motifs is 3. The topological polar surface area (TPSA) is 8.17 Å². The molecule has 54 heavy (non-hydrogen) atoms. The summed E-state index contributed by atoms with van der Waals surface area (Å²) in [6.07, 6.45) is 0. The second kappa shape index (κ2) is 12.2. The Kier molecular flexibility index (Phi) is 6.90. The Morgan fingerprint density at radius 1 is 0.315 bits per heavy atom.